The van der Waals surface area contributed by atoms with Crippen LogP contribution in [0.3, 0.4) is 0 Å². The van der Waals surface area contributed by atoms with Gasteiger partial charge in [-0.25, -0.2) is 4.98 Å². The lowest BCUT2D eigenvalue weighted by atomic mass is 10.1. The fraction of sp³-hybridized carbons (Fsp3) is 0.333. The number of fused-ring (bicyclic) bond motifs is 1. The number of amides is 1. The molecule has 0 spiro atoms. The SMILES string of the molecule is Cc1ccc2nc(COc3ccc(C(=O)NCC(N)C4CC4)cc3)cn2c1. The Hall–Kier alpha value is -2.86. The summed E-state index contributed by atoms with van der Waals surface area (Å²) in [5, 5.41) is 2.90. The number of imidazole rings is 1. The average Bonchev–Trinajstić information content (AvgIpc) is 3.45. The quantitative estimate of drug-likeness (QED) is 0.675. The number of hydrogen-bond donors (Lipinski definition) is 2. The molecule has 3 N–H and O–H groups in total. The van der Waals surface area contributed by atoms with E-state index in [-0.39, 0.29) is 11.9 Å². The normalized spacial score (nSPS) is 14.9. The molecule has 1 unspecified atom stereocenters. The van der Waals surface area contributed by atoms with Crippen molar-refractivity contribution in [1.29, 1.82) is 0 Å². The summed E-state index contributed by atoms with van der Waals surface area (Å²) in [5.41, 5.74) is 9.56. The number of aryl methyl sites for hydroxylation is 1. The molecule has 6 heteroatoms. The van der Waals surface area contributed by atoms with Crippen molar-refractivity contribution in [3.8, 4) is 5.75 Å². The molecule has 1 aromatic carbocycles. The van der Waals surface area contributed by atoms with Gasteiger partial charge in [0.1, 0.15) is 18.0 Å². The van der Waals surface area contributed by atoms with Crippen molar-refractivity contribution in [2.24, 2.45) is 11.7 Å². The molecule has 27 heavy (non-hydrogen) atoms. The molecule has 0 bridgehead atoms. The van der Waals surface area contributed by atoms with Gasteiger partial charge >= 0.3 is 0 Å². The maximum absolute atomic E-state index is 12.2. The minimum atomic E-state index is -0.103. The van der Waals surface area contributed by atoms with E-state index in [9.17, 15) is 4.79 Å². The molecule has 0 aliphatic heterocycles. The summed E-state index contributed by atoms with van der Waals surface area (Å²) < 4.78 is 7.79. The van der Waals surface area contributed by atoms with Gasteiger partial charge in [0.2, 0.25) is 0 Å². The van der Waals surface area contributed by atoms with E-state index in [1.54, 1.807) is 24.3 Å². The van der Waals surface area contributed by atoms with E-state index in [0.717, 1.165) is 11.3 Å². The third-order valence-corrected chi connectivity index (χ3v) is 4.88. The van der Waals surface area contributed by atoms with E-state index >= 15 is 0 Å². The summed E-state index contributed by atoms with van der Waals surface area (Å²) in [6.07, 6.45) is 6.35. The van der Waals surface area contributed by atoms with Crippen molar-refractivity contribution < 1.29 is 9.53 Å². The number of pyridine rings is 1. The molecule has 4 rings (SSSR count). The van der Waals surface area contributed by atoms with E-state index < -0.39 is 0 Å². The Balaban J connectivity index is 1.32. The predicted octanol–water partition coefficient (Wildman–Crippen LogP) is 2.69. The van der Waals surface area contributed by atoms with Crippen LogP contribution >= 0.6 is 0 Å². The van der Waals surface area contributed by atoms with Crippen LogP contribution in [0.2, 0.25) is 0 Å². The first-order valence-electron chi connectivity index (χ1n) is 9.29. The van der Waals surface area contributed by atoms with Crippen LogP contribution < -0.4 is 15.8 Å². The summed E-state index contributed by atoms with van der Waals surface area (Å²) in [4.78, 5) is 16.7. The number of carbonyl (C=O) groups excluding carboxylic acids is 1. The van der Waals surface area contributed by atoms with Crippen molar-refractivity contribution in [3.63, 3.8) is 0 Å². The highest BCUT2D eigenvalue weighted by molar-refractivity contribution is 5.94. The van der Waals surface area contributed by atoms with Gasteiger partial charge in [-0.15, -0.1) is 0 Å². The molecule has 1 aliphatic rings. The first-order chi connectivity index (χ1) is 13.1. The Morgan fingerprint density at radius 2 is 2.04 bits per heavy atom. The Morgan fingerprint density at radius 1 is 1.26 bits per heavy atom. The molecular weight excluding hydrogens is 340 g/mol. The highest BCUT2D eigenvalue weighted by atomic mass is 16.5. The minimum absolute atomic E-state index is 0.0609. The van der Waals surface area contributed by atoms with Crippen molar-refractivity contribution in [2.45, 2.75) is 32.4 Å². The molecule has 140 valence electrons. The van der Waals surface area contributed by atoms with Gasteiger partial charge in [0.15, 0.2) is 0 Å². The number of benzene rings is 1. The molecule has 1 amide bonds. The van der Waals surface area contributed by atoms with Crippen LogP contribution in [0, 0.1) is 12.8 Å². The summed E-state index contributed by atoms with van der Waals surface area (Å²) in [5.74, 6) is 1.17. The number of carbonyl (C=O) groups is 1. The second-order valence-electron chi connectivity index (χ2n) is 7.23. The lowest BCUT2D eigenvalue weighted by Crippen LogP contribution is -2.38. The Kier molecular flexibility index (Phi) is 4.81. The number of hydrogen-bond acceptors (Lipinski definition) is 4. The van der Waals surface area contributed by atoms with Crippen LogP contribution in [0.15, 0.2) is 48.8 Å². The lowest BCUT2D eigenvalue weighted by molar-refractivity contribution is 0.0950. The largest absolute Gasteiger partial charge is 0.487 e. The number of nitrogens with one attached hydrogen (secondary N) is 1. The number of ether oxygens (including phenoxy) is 1. The predicted molar refractivity (Wildman–Crippen MR) is 104 cm³/mol. The highest BCUT2D eigenvalue weighted by Crippen LogP contribution is 2.31. The first kappa shape index (κ1) is 17.5. The summed E-state index contributed by atoms with van der Waals surface area (Å²) in [6.45, 7) is 2.95. The van der Waals surface area contributed by atoms with E-state index in [2.05, 4.69) is 10.3 Å². The molecule has 0 saturated heterocycles. The zero-order valence-electron chi connectivity index (χ0n) is 15.4. The first-order valence-corrected chi connectivity index (χ1v) is 9.29. The van der Waals surface area contributed by atoms with E-state index in [1.165, 1.54) is 18.4 Å². The molecule has 1 fully saturated rings. The number of aromatic nitrogens is 2. The highest BCUT2D eigenvalue weighted by Gasteiger charge is 2.28. The molecule has 3 aromatic rings. The van der Waals surface area contributed by atoms with Crippen LogP contribution in [0.5, 0.6) is 5.75 Å². The van der Waals surface area contributed by atoms with E-state index in [1.807, 2.05) is 35.9 Å². The third kappa shape index (κ3) is 4.28. The maximum Gasteiger partial charge on any atom is 0.251 e. The van der Waals surface area contributed by atoms with Crippen LogP contribution in [0.1, 0.15) is 34.5 Å². The van der Waals surface area contributed by atoms with Gasteiger partial charge in [-0.3, -0.25) is 4.79 Å². The zero-order valence-corrected chi connectivity index (χ0v) is 15.4. The molecule has 1 atom stereocenters. The number of nitrogens with two attached hydrogens (primary N) is 1. The molecule has 0 radical (unpaired) electrons. The van der Waals surface area contributed by atoms with Gasteiger partial charge in [-0.2, -0.15) is 0 Å². The second kappa shape index (κ2) is 7.40. The van der Waals surface area contributed by atoms with Gasteiger partial charge in [0.05, 0.1) is 5.69 Å². The standard InChI is InChI=1S/C21H24N4O2/c1-14-2-9-20-24-17(12-25(20)11-14)13-27-18-7-5-16(6-8-18)21(26)23-10-19(22)15-3-4-15/h2,5-9,11-12,15,19H,3-4,10,13,22H2,1H3,(H,23,26). The van der Waals surface area contributed by atoms with Crippen LogP contribution in [-0.4, -0.2) is 27.9 Å². The number of nitrogens with zero attached hydrogens (tertiary/aromatic N) is 2. The van der Waals surface area contributed by atoms with Crippen molar-refractivity contribution >= 4 is 11.6 Å². The molecule has 1 aliphatic carbocycles. The van der Waals surface area contributed by atoms with Gasteiger partial charge in [-0.1, -0.05) is 6.07 Å². The van der Waals surface area contributed by atoms with Gasteiger partial charge < -0.3 is 20.2 Å². The minimum Gasteiger partial charge on any atom is -0.487 e. The summed E-state index contributed by atoms with van der Waals surface area (Å²) in [6, 6.07) is 11.2. The lowest BCUT2D eigenvalue weighted by Gasteiger charge is -2.12. The van der Waals surface area contributed by atoms with Gasteiger partial charge in [-0.05, 0) is 61.6 Å². The van der Waals surface area contributed by atoms with Gasteiger partial charge in [0.25, 0.3) is 5.91 Å². The molecule has 2 heterocycles. The van der Waals surface area contributed by atoms with Crippen molar-refractivity contribution in [2.75, 3.05) is 6.54 Å². The fourth-order valence-electron chi connectivity index (χ4n) is 3.09. The van der Waals surface area contributed by atoms with E-state index in [4.69, 9.17) is 10.5 Å². The molecule has 2 aromatic heterocycles. The smallest absolute Gasteiger partial charge is 0.251 e. The van der Waals surface area contributed by atoms with Crippen LogP contribution in [-0.2, 0) is 6.61 Å². The summed E-state index contributed by atoms with van der Waals surface area (Å²) in [7, 11) is 0. The maximum atomic E-state index is 12.2. The third-order valence-electron chi connectivity index (χ3n) is 4.88. The summed E-state index contributed by atoms with van der Waals surface area (Å²) >= 11 is 0. The van der Waals surface area contributed by atoms with Crippen LogP contribution in [0.25, 0.3) is 5.65 Å². The Bertz CT molecular complexity index is 944. The monoisotopic (exact) mass is 364 g/mol. The zero-order chi connectivity index (χ0) is 18.8. The van der Waals surface area contributed by atoms with Crippen LogP contribution in [0.4, 0.5) is 0 Å². The molecule has 1 saturated carbocycles. The molecule has 6 nitrogen and oxygen atoms in total. The topological polar surface area (TPSA) is 81.6 Å². The van der Waals surface area contributed by atoms with Crippen molar-refractivity contribution in [1.82, 2.24) is 14.7 Å². The average molecular weight is 364 g/mol. The van der Waals surface area contributed by atoms with E-state index in [0.29, 0.717) is 30.4 Å². The van der Waals surface area contributed by atoms with Crippen molar-refractivity contribution in [3.05, 3.63) is 65.6 Å². The Morgan fingerprint density at radius 3 is 2.78 bits per heavy atom. The Labute approximate surface area is 158 Å². The number of rotatable bonds is 7. The molecular formula is C21H24N4O2. The fourth-order valence-corrected chi connectivity index (χ4v) is 3.09. The van der Waals surface area contributed by atoms with Gasteiger partial charge in [0, 0.05) is 30.5 Å². The second-order valence-corrected chi connectivity index (χ2v) is 7.23.